The summed E-state index contributed by atoms with van der Waals surface area (Å²) in [6, 6.07) is 7.74. The molecule has 0 aromatic heterocycles. The van der Waals surface area contributed by atoms with Crippen molar-refractivity contribution in [2.75, 3.05) is 0 Å². The minimum atomic E-state index is -1.98. The lowest BCUT2D eigenvalue weighted by Crippen LogP contribution is -2.23. The van der Waals surface area contributed by atoms with Crippen LogP contribution in [-0.4, -0.2) is 0 Å². The van der Waals surface area contributed by atoms with Gasteiger partial charge in [0, 0.05) is 18.2 Å². The van der Waals surface area contributed by atoms with Gasteiger partial charge in [0.05, 0.1) is 0 Å². The van der Waals surface area contributed by atoms with Gasteiger partial charge in [0.1, 0.15) is 34.9 Å². The fraction of sp³-hybridized carbons (Fsp3) is 0. The smallest absolute Gasteiger partial charge is 0.126 e. The Bertz CT molecular complexity index is 758. The maximum absolute atomic E-state index is 13.6. The molecule has 0 amide bonds. The summed E-state index contributed by atoms with van der Waals surface area (Å²) in [7, 11) is -1.98. The predicted octanol–water partition coefficient (Wildman–Crippen LogP) is 4.28. The van der Waals surface area contributed by atoms with E-state index in [2.05, 4.69) is 0 Å². The van der Waals surface area contributed by atoms with Crippen LogP contribution >= 0.6 is 7.92 Å². The van der Waals surface area contributed by atoms with Crippen molar-refractivity contribution in [1.82, 2.24) is 0 Å². The van der Waals surface area contributed by atoms with Crippen molar-refractivity contribution in [3.63, 3.8) is 0 Å². The third kappa shape index (κ3) is 4.02. The van der Waals surface area contributed by atoms with Gasteiger partial charge in [0.2, 0.25) is 0 Å². The Morgan fingerprint density at radius 2 is 0.560 bits per heavy atom. The number of halogens is 6. The minimum Gasteiger partial charge on any atom is -0.207 e. The van der Waals surface area contributed by atoms with Crippen LogP contribution in [0.4, 0.5) is 26.3 Å². The summed E-state index contributed by atoms with van der Waals surface area (Å²) in [5.41, 5.74) is 0. The summed E-state index contributed by atoms with van der Waals surface area (Å²) in [6.07, 6.45) is 0. The van der Waals surface area contributed by atoms with Crippen LogP contribution in [0.1, 0.15) is 0 Å². The summed E-state index contributed by atoms with van der Waals surface area (Å²) in [5.74, 6) is -5.44. The highest BCUT2D eigenvalue weighted by atomic mass is 31.1. The topological polar surface area (TPSA) is 0 Å². The average molecular weight is 370 g/mol. The first-order chi connectivity index (χ1) is 11.8. The second-order valence-electron chi connectivity index (χ2n) is 5.22. The minimum absolute atomic E-state index is 0.0301. The second-order valence-corrected chi connectivity index (χ2v) is 7.44. The van der Waals surface area contributed by atoms with Crippen molar-refractivity contribution < 1.29 is 26.3 Å². The van der Waals surface area contributed by atoms with Gasteiger partial charge in [0.15, 0.2) is 0 Å². The Labute approximate surface area is 140 Å². The van der Waals surface area contributed by atoms with Gasteiger partial charge in [-0.3, -0.25) is 0 Å². The first-order valence-corrected chi connectivity index (χ1v) is 8.34. The molecule has 0 heterocycles. The van der Waals surface area contributed by atoms with Crippen molar-refractivity contribution in [2.45, 2.75) is 0 Å². The zero-order chi connectivity index (χ0) is 18.1. The van der Waals surface area contributed by atoms with E-state index in [0.29, 0.717) is 18.2 Å². The maximum atomic E-state index is 13.6. The van der Waals surface area contributed by atoms with E-state index in [4.69, 9.17) is 0 Å². The Balaban J connectivity index is 2.27. The summed E-state index contributed by atoms with van der Waals surface area (Å²) in [5, 5.41) is 0.0903. The van der Waals surface area contributed by atoms with Crippen LogP contribution < -0.4 is 15.9 Å². The summed E-state index contributed by atoms with van der Waals surface area (Å²) in [4.78, 5) is 0. The molecule has 128 valence electrons. The third-order valence-electron chi connectivity index (χ3n) is 3.32. The van der Waals surface area contributed by atoms with E-state index in [1.165, 1.54) is 0 Å². The zero-order valence-electron chi connectivity index (χ0n) is 12.4. The molecular weight excluding hydrogens is 361 g/mol. The van der Waals surface area contributed by atoms with Gasteiger partial charge in [-0.05, 0) is 60.2 Å². The second kappa shape index (κ2) is 6.89. The highest BCUT2D eigenvalue weighted by Crippen LogP contribution is 2.34. The van der Waals surface area contributed by atoms with Crippen LogP contribution in [0.25, 0.3) is 0 Å². The molecule has 0 radical (unpaired) electrons. The van der Waals surface area contributed by atoms with Crippen molar-refractivity contribution in [3.8, 4) is 0 Å². The standard InChI is InChI=1S/C18H9F6P/c19-10-1-11(20)5-16(4-10)25(17-6-12(21)2-13(22)7-17)18-8-14(23)3-15(24)9-18/h1-9H. The molecule has 25 heavy (non-hydrogen) atoms. The first kappa shape index (κ1) is 17.5. The highest BCUT2D eigenvalue weighted by Gasteiger charge is 2.21. The van der Waals surface area contributed by atoms with Crippen molar-refractivity contribution in [1.29, 1.82) is 0 Å². The Morgan fingerprint density at radius 3 is 0.760 bits per heavy atom. The number of hydrogen-bond acceptors (Lipinski definition) is 0. The Morgan fingerprint density at radius 1 is 0.360 bits per heavy atom. The summed E-state index contributed by atoms with van der Waals surface area (Å²) < 4.78 is 81.7. The molecule has 0 unspecified atom stereocenters. The molecule has 0 aliphatic rings. The maximum Gasteiger partial charge on any atom is 0.126 e. The van der Waals surface area contributed by atoms with Gasteiger partial charge in [0.25, 0.3) is 0 Å². The molecule has 3 aromatic rings. The summed E-state index contributed by atoms with van der Waals surface area (Å²) in [6.45, 7) is 0. The third-order valence-corrected chi connectivity index (χ3v) is 5.64. The number of rotatable bonds is 3. The fourth-order valence-electron chi connectivity index (χ4n) is 2.45. The van der Waals surface area contributed by atoms with Crippen molar-refractivity contribution in [2.24, 2.45) is 0 Å². The van der Waals surface area contributed by atoms with Crippen molar-refractivity contribution in [3.05, 3.63) is 89.5 Å². The van der Waals surface area contributed by atoms with E-state index in [1.807, 2.05) is 0 Å². The highest BCUT2D eigenvalue weighted by molar-refractivity contribution is 7.79. The molecule has 0 atom stereocenters. The molecule has 0 saturated carbocycles. The molecule has 3 aromatic carbocycles. The molecule has 0 bridgehead atoms. The lowest BCUT2D eigenvalue weighted by molar-refractivity contribution is 0.585. The molecule has 3 rings (SSSR count). The molecule has 0 nitrogen and oxygen atoms in total. The van der Waals surface area contributed by atoms with E-state index < -0.39 is 42.8 Å². The van der Waals surface area contributed by atoms with Gasteiger partial charge in [-0.25, -0.2) is 26.3 Å². The Hall–Kier alpha value is -2.33. The van der Waals surface area contributed by atoms with Gasteiger partial charge in [-0.15, -0.1) is 0 Å². The van der Waals surface area contributed by atoms with Gasteiger partial charge >= 0.3 is 0 Å². The average Bonchev–Trinajstić information content (AvgIpc) is 2.44. The van der Waals surface area contributed by atoms with Crippen LogP contribution in [0.5, 0.6) is 0 Å². The largest absolute Gasteiger partial charge is 0.207 e. The zero-order valence-corrected chi connectivity index (χ0v) is 13.3. The van der Waals surface area contributed by atoms with E-state index in [-0.39, 0.29) is 15.9 Å². The van der Waals surface area contributed by atoms with Gasteiger partial charge in [-0.1, -0.05) is 0 Å². The van der Waals surface area contributed by atoms with E-state index in [1.54, 1.807) is 0 Å². The molecule has 0 spiro atoms. The van der Waals surface area contributed by atoms with E-state index in [0.717, 1.165) is 36.4 Å². The normalized spacial score (nSPS) is 11.2. The van der Waals surface area contributed by atoms with Gasteiger partial charge in [-0.2, -0.15) is 0 Å². The number of benzene rings is 3. The quantitative estimate of drug-likeness (QED) is 0.477. The molecule has 0 N–H and O–H groups in total. The van der Waals surface area contributed by atoms with Crippen LogP contribution in [-0.2, 0) is 0 Å². The van der Waals surface area contributed by atoms with Crippen LogP contribution in [0.2, 0.25) is 0 Å². The molecule has 0 aliphatic carbocycles. The molecule has 0 aliphatic heterocycles. The van der Waals surface area contributed by atoms with Crippen LogP contribution in [0, 0.1) is 34.9 Å². The lowest BCUT2D eigenvalue weighted by Gasteiger charge is -2.20. The molecule has 0 fully saturated rings. The van der Waals surface area contributed by atoms with E-state index in [9.17, 15) is 26.3 Å². The molecular formula is C18H9F6P. The summed E-state index contributed by atoms with van der Waals surface area (Å²) >= 11 is 0. The number of hydrogen-bond donors (Lipinski definition) is 0. The predicted molar refractivity (Wildman–Crippen MR) is 84.9 cm³/mol. The monoisotopic (exact) mass is 370 g/mol. The first-order valence-electron chi connectivity index (χ1n) is 7.00. The molecule has 7 heteroatoms. The van der Waals surface area contributed by atoms with Crippen LogP contribution in [0.3, 0.4) is 0 Å². The van der Waals surface area contributed by atoms with Crippen LogP contribution in [0.15, 0.2) is 54.6 Å². The lowest BCUT2D eigenvalue weighted by atomic mass is 10.3. The van der Waals surface area contributed by atoms with Crippen molar-refractivity contribution >= 4 is 23.8 Å². The SMILES string of the molecule is Fc1cc(F)cc(P(c2cc(F)cc(F)c2)c2cc(F)cc(F)c2)c1. The Kier molecular flexibility index (Phi) is 4.82. The van der Waals surface area contributed by atoms with Gasteiger partial charge < -0.3 is 0 Å². The fourth-order valence-corrected chi connectivity index (χ4v) is 4.86. The molecule has 0 saturated heterocycles. The van der Waals surface area contributed by atoms with E-state index >= 15 is 0 Å².